The Morgan fingerprint density at radius 2 is 1.87 bits per heavy atom. The van der Waals surface area contributed by atoms with Gasteiger partial charge < -0.3 is 9.16 Å². The SMILES string of the molecule is C=CCc1c(C)c(C)c2c(c1O[Si](C)(C)C(C)(C)C)C(=O)OC2. The average Bonchev–Trinajstić information content (AvgIpc) is 2.81. The fourth-order valence-electron chi connectivity index (χ4n) is 2.62. The lowest BCUT2D eigenvalue weighted by Gasteiger charge is -2.37. The Hall–Kier alpha value is -1.55. The first-order valence-corrected chi connectivity index (χ1v) is 11.0. The van der Waals surface area contributed by atoms with Crippen molar-refractivity contribution in [1.82, 2.24) is 0 Å². The van der Waals surface area contributed by atoms with Crippen molar-refractivity contribution in [3.8, 4) is 5.75 Å². The van der Waals surface area contributed by atoms with E-state index >= 15 is 0 Å². The van der Waals surface area contributed by atoms with E-state index in [1.54, 1.807) is 0 Å². The summed E-state index contributed by atoms with van der Waals surface area (Å²) in [7, 11) is -2.06. The van der Waals surface area contributed by atoms with Gasteiger partial charge in [0.15, 0.2) is 0 Å². The van der Waals surface area contributed by atoms with Crippen LogP contribution in [0.15, 0.2) is 12.7 Å². The summed E-state index contributed by atoms with van der Waals surface area (Å²) in [6.07, 6.45) is 2.56. The maximum absolute atomic E-state index is 12.3. The van der Waals surface area contributed by atoms with Crippen molar-refractivity contribution < 1.29 is 14.0 Å². The summed E-state index contributed by atoms with van der Waals surface area (Å²) in [5, 5.41) is 0.0621. The lowest BCUT2D eigenvalue weighted by Crippen LogP contribution is -2.44. The molecule has 0 aliphatic carbocycles. The predicted molar refractivity (Wildman–Crippen MR) is 96.8 cm³/mol. The van der Waals surface area contributed by atoms with Crippen LogP contribution >= 0.6 is 0 Å². The Balaban J connectivity index is 2.71. The molecule has 126 valence electrons. The van der Waals surface area contributed by atoms with E-state index in [0.29, 0.717) is 18.6 Å². The predicted octanol–water partition coefficient (Wildman–Crippen LogP) is 5.09. The van der Waals surface area contributed by atoms with Crippen molar-refractivity contribution >= 4 is 14.3 Å². The fraction of sp³-hybridized carbons (Fsp3) is 0.526. The molecule has 1 aliphatic rings. The van der Waals surface area contributed by atoms with Gasteiger partial charge in [-0.15, -0.1) is 6.58 Å². The van der Waals surface area contributed by atoms with Gasteiger partial charge in [0.05, 0.1) is 0 Å². The first-order chi connectivity index (χ1) is 10.5. The molecule has 1 aliphatic heterocycles. The van der Waals surface area contributed by atoms with Gasteiger partial charge in [0, 0.05) is 11.1 Å². The van der Waals surface area contributed by atoms with Crippen LogP contribution in [0.25, 0.3) is 0 Å². The number of carbonyl (C=O) groups is 1. The molecule has 1 heterocycles. The van der Waals surface area contributed by atoms with Crippen molar-refractivity contribution in [2.45, 2.75) is 65.8 Å². The van der Waals surface area contributed by atoms with Crippen LogP contribution in [0, 0.1) is 13.8 Å². The number of esters is 1. The van der Waals surface area contributed by atoms with Gasteiger partial charge in [0.2, 0.25) is 0 Å². The molecular weight excluding hydrogens is 304 g/mol. The van der Waals surface area contributed by atoms with Crippen LogP contribution in [0.2, 0.25) is 18.1 Å². The van der Waals surface area contributed by atoms with E-state index < -0.39 is 8.32 Å². The Morgan fingerprint density at radius 1 is 1.26 bits per heavy atom. The van der Waals surface area contributed by atoms with E-state index in [1.807, 2.05) is 6.08 Å². The molecule has 0 N–H and O–H groups in total. The van der Waals surface area contributed by atoms with Crippen molar-refractivity contribution in [1.29, 1.82) is 0 Å². The summed E-state index contributed by atoms with van der Waals surface area (Å²) in [5.74, 6) is 0.471. The number of benzene rings is 1. The highest BCUT2D eigenvalue weighted by Crippen LogP contribution is 2.43. The highest BCUT2D eigenvalue weighted by molar-refractivity contribution is 6.74. The highest BCUT2D eigenvalue weighted by Gasteiger charge is 2.42. The monoisotopic (exact) mass is 332 g/mol. The number of cyclic esters (lactones) is 1. The fourth-order valence-corrected chi connectivity index (χ4v) is 3.66. The van der Waals surface area contributed by atoms with Crippen molar-refractivity contribution in [3.05, 3.63) is 40.5 Å². The van der Waals surface area contributed by atoms with Gasteiger partial charge in [-0.1, -0.05) is 26.8 Å². The van der Waals surface area contributed by atoms with Crippen LogP contribution in [0.3, 0.4) is 0 Å². The Kier molecular flexibility index (Phi) is 4.50. The molecule has 1 aromatic carbocycles. The van der Waals surface area contributed by atoms with Crippen molar-refractivity contribution in [3.63, 3.8) is 0 Å². The third-order valence-electron chi connectivity index (χ3n) is 5.33. The van der Waals surface area contributed by atoms with Crippen LogP contribution in [-0.4, -0.2) is 14.3 Å². The number of ether oxygens (including phenoxy) is 1. The molecule has 2 rings (SSSR count). The second kappa shape index (κ2) is 5.82. The largest absolute Gasteiger partial charge is 0.543 e. The second-order valence-electron chi connectivity index (χ2n) is 7.84. The second-order valence-corrected chi connectivity index (χ2v) is 12.6. The molecule has 1 aromatic rings. The molecule has 0 bridgehead atoms. The minimum Gasteiger partial charge on any atom is -0.543 e. The summed E-state index contributed by atoms with van der Waals surface area (Å²) >= 11 is 0. The van der Waals surface area contributed by atoms with Crippen LogP contribution in [0.4, 0.5) is 0 Å². The Bertz CT molecular complexity index is 666. The van der Waals surface area contributed by atoms with Gasteiger partial charge in [-0.2, -0.15) is 0 Å². The van der Waals surface area contributed by atoms with Crippen molar-refractivity contribution in [2.75, 3.05) is 0 Å². The number of fused-ring (bicyclic) bond motifs is 1. The van der Waals surface area contributed by atoms with E-state index in [-0.39, 0.29) is 11.0 Å². The summed E-state index contributed by atoms with van der Waals surface area (Å²) in [5.41, 5.74) is 4.99. The van der Waals surface area contributed by atoms with Gasteiger partial charge in [0.25, 0.3) is 8.32 Å². The molecular formula is C19H28O3Si. The smallest absolute Gasteiger partial charge is 0.342 e. The first kappa shape index (κ1) is 17.8. The van der Waals surface area contributed by atoms with E-state index in [2.05, 4.69) is 54.3 Å². The topological polar surface area (TPSA) is 35.5 Å². The number of hydrogen-bond donors (Lipinski definition) is 0. The molecule has 0 spiro atoms. The number of hydrogen-bond acceptors (Lipinski definition) is 3. The lowest BCUT2D eigenvalue weighted by molar-refractivity contribution is 0.0533. The normalized spacial score (nSPS) is 14.5. The van der Waals surface area contributed by atoms with Crippen LogP contribution < -0.4 is 4.43 Å². The van der Waals surface area contributed by atoms with Crippen molar-refractivity contribution in [2.24, 2.45) is 0 Å². The molecule has 0 radical (unpaired) electrons. The van der Waals surface area contributed by atoms with Gasteiger partial charge in [-0.25, -0.2) is 4.79 Å². The lowest BCUT2D eigenvalue weighted by atomic mass is 9.91. The summed E-state index contributed by atoms with van der Waals surface area (Å²) < 4.78 is 11.9. The Labute approximate surface area is 140 Å². The third kappa shape index (κ3) is 2.96. The summed E-state index contributed by atoms with van der Waals surface area (Å²) in [6, 6.07) is 0. The summed E-state index contributed by atoms with van der Waals surface area (Å²) in [6.45, 7) is 19.4. The third-order valence-corrected chi connectivity index (χ3v) is 9.66. The molecule has 0 saturated heterocycles. The van der Waals surface area contributed by atoms with E-state index in [4.69, 9.17) is 9.16 Å². The average molecular weight is 333 g/mol. The molecule has 0 atom stereocenters. The van der Waals surface area contributed by atoms with Gasteiger partial charge in [0.1, 0.15) is 17.9 Å². The van der Waals surface area contributed by atoms with E-state index in [1.165, 1.54) is 5.56 Å². The number of rotatable bonds is 4. The zero-order chi connectivity index (χ0) is 17.6. The standard InChI is InChI=1S/C19H28O3Si/c1-9-10-14-12(2)13(3)15-11-21-18(20)16(15)17(14)22-23(7,8)19(4,5)6/h9H,1,10-11H2,2-8H3. The molecule has 4 heteroatoms. The molecule has 0 amide bonds. The molecule has 0 fully saturated rings. The minimum absolute atomic E-state index is 0.0621. The van der Waals surface area contributed by atoms with Gasteiger partial charge >= 0.3 is 5.97 Å². The number of carbonyl (C=O) groups excluding carboxylic acids is 1. The zero-order valence-electron chi connectivity index (χ0n) is 15.4. The quantitative estimate of drug-likeness (QED) is 0.438. The minimum atomic E-state index is -2.06. The first-order valence-electron chi connectivity index (χ1n) is 8.13. The number of allylic oxidation sites excluding steroid dienone is 1. The van der Waals surface area contributed by atoms with E-state index in [9.17, 15) is 4.79 Å². The molecule has 0 saturated carbocycles. The molecule has 3 nitrogen and oxygen atoms in total. The highest BCUT2D eigenvalue weighted by atomic mass is 28.4. The van der Waals surface area contributed by atoms with E-state index in [0.717, 1.165) is 22.4 Å². The summed E-state index contributed by atoms with van der Waals surface area (Å²) in [4.78, 5) is 12.3. The van der Waals surface area contributed by atoms with Gasteiger partial charge in [-0.05, 0) is 49.5 Å². The Morgan fingerprint density at radius 3 is 2.39 bits per heavy atom. The van der Waals surface area contributed by atoms with Gasteiger partial charge in [-0.3, -0.25) is 0 Å². The molecule has 0 aromatic heterocycles. The molecule has 0 unspecified atom stereocenters. The maximum atomic E-state index is 12.3. The van der Waals surface area contributed by atoms with Crippen LogP contribution in [-0.2, 0) is 17.8 Å². The zero-order valence-corrected chi connectivity index (χ0v) is 16.4. The molecule has 23 heavy (non-hydrogen) atoms. The maximum Gasteiger partial charge on any atom is 0.342 e. The van der Waals surface area contributed by atoms with Crippen LogP contribution in [0.1, 0.15) is 53.4 Å². The van der Waals surface area contributed by atoms with Crippen LogP contribution in [0.5, 0.6) is 5.75 Å².